The molecule has 0 aliphatic heterocycles. The summed E-state index contributed by atoms with van der Waals surface area (Å²) in [6.07, 6.45) is 3.91. The van der Waals surface area contributed by atoms with E-state index in [4.69, 9.17) is 17.3 Å². The van der Waals surface area contributed by atoms with Crippen LogP contribution in [-0.4, -0.2) is 43.5 Å². The van der Waals surface area contributed by atoms with Crippen LogP contribution in [-0.2, 0) is 10.0 Å². The first kappa shape index (κ1) is 22.8. The van der Waals surface area contributed by atoms with Crippen LogP contribution in [0.15, 0.2) is 23.4 Å². The minimum atomic E-state index is -4.15. The first-order chi connectivity index (χ1) is 13.3. The summed E-state index contributed by atoms with van der Waals surface area (Å²) in [5.41, 5.74) is 5.85. The van der Waals surface area contributed by atoms with Gasteiger partial charge in [-0.05, 0) is 51.4 Å². The first-order valence-corrected chi connectivity index (χ1v) is 11.4. The van der Waals surface area contributed by atoms with Crippen LogP contribution >= 0.6 is 23.1 Å². The summed E-state index contributed by atoms with van der Waals surface area (Å²) < 4.78 is 44.9. The monoisotopic (exact) mass is 450 g/mol. The number of hydrogen-bond donors (Lipinski definition) is 4. The summed E-state index contributed by atoms with van der Waals surface area (Å²) >= 11 is 6.98. The lowest BCUT2D eigenvalue weighted by Crippen LogP contribution is -2.29. The van der Waals surface area contributed by atoms with E-state index >= 15 is 0 Å². The van der Waals surface area contributed by atoms with E-state index in [1.807, 2.05) is 0 Å². The van der Waals surface area contributed by atoms with Crippen molar-refractivity contribution < 1.29 is 12.8 Å². The smallest absolute Gasteiger partial charge is 0.266 e. The van der Waals surface area contributed by atoms with Crippen LogP contribution < -0.4 is 21.1 Å². The second-order valence-corrected chi connectivity index (χ2v) is 9.02. The van der Waals surface area contributed by atoms with Gasteiger partial charge >= 0.3 is 0 Å². The Morgan fingerprint density at radius 2 is 2.07 bits per heavy atom. The van der Waals surface area contributed by atoms with Gasteiger partial charge in [0.2, 0.25) is 5.13 Å². The van der Waals surface area contributed by atoms with Gasteiger partial charge < -0.3 is 16.4 Å². The largest absolute Gasteiger partial charge is 0.384 e. The summed E-state index contributed by atoms with van der Waals surface area (Å²) in [5.74, 6) is -0.902. The highest BCUT2D eigenvalue weighted by Crippen LogP contribution is 2.29. The van der Waals surface area contributed by atoms with Gasteiger partial charge in [-0.3, -0.25) is 4.72 Å². The van der Waals surface area contributed by atoms with Crippen molar-refractivity contribution in [2.45, 2.75) is 37.1 Å². The lowest BCUT2D eigenvalue weighted by Gasteiger charge is -2.13. The average molecular weight is 451 g/mol. The van der Waals surface area contributed by atoms with Crippen molar-refractivity contribution in [2.75, 3.05) is 29.7 Å². The van der Waals surface area contributed by atoms with Gasteiger partial charge in [0.05, 0.1) is 10.7 Å². The Hall–Kier alpha value is -1.53. The third-order valence-corrected chi connectivity index (χ3v) is 6.28. The highest BCUT2D eigenvalue weighted by atomic mass is 35.5. The number of hydrogen-bond acceptors (Lipinski definition) is 8. The molecule has 0 saturated carbocycles. The van der Waals surface area contributed by atoms with Gasteiger partial charge in [-0.2, -0.15) is 4.37 Å². The molecule has 8 nitrogen and oxygen atoms in total. The fourth-order valence-corrected chi connectivity index (χ4v) is 4.47. The van der Waals surface area contributed by atoms with Crippen molar-refractivity contribution in [3.05, 3.63) is 29.3 Å². The quantitative estimate of drug-likeness (QED) is 0.366. The van der Waals surface area contributed by atoms with Crippen molar-refractivity contribution in [3.63, 3.8) is 0 Å². The molecule has 0 amide bonds. The van der Waals surface area contributed by atoms with Gasteiger partial charge in [-0.25, -0.2) is 17.8 Å². The molecule has 0 radical (unpaired) electrons. The van der Waals surface area contributed by atoms with E-state index in [0.717, 1.165) is 49.5 Å². The molecule has 0 aliphatic rings. The predicted octanol–water partition coefficient (Wildman–Crippen LogP) is 2.65. The van der Waals surface area contributed by atoms with Crippen LogP contribution in [0.4, 0.5) is 15.2 Å². The van der Waals surface area contributed by atoms with Gasteiger partial charge in [0.15, 0.2) is 0 Å². The SMILES string of the molecule is CC(CCN)NCCCCNc1cc(F)c(S(=O)(=O)Nc2ncns2)cc1Cl. The molecule has 5 N–H and O–H groups in total. The predicted molar refractivity (Wildman–Crippen MR) is 111 cm³/mol. The van der Waals surface area contributed by atoms with Crippen molar-refractivity contribution in [2.24, 2.45) is 5.73 Å². The second kappa shape index (κ2) is 10.9. The molecular weight excluding hydrogens is 427 g/mol. The zero-order valence-electron chi connectivity index (χ0n) is 15.4. The molecule has 28 heavy (non-hydrogen) atoms. The molecule has 156 valence electrons. The lowest BCUT2D eigenvalue weighted by atomic mass is 10.2. The maximum absolute atomic E-state index is 14.4. The molecular formula is C16H24ClFN6O2S2. The van der Waals surface area contributed by atoms with Crippen LogP contribution in [0.5, 0.6) is 0 Å². The molecule has 0 spiro atoms. The Bertz CT molecular complexity index is 851. The van der Waals surface area contributed by atoms with Gasteiger partial charge in [-0.15, -0.1) is 0 Å². The third-order valence-electron chi connectivity index (χ3n) is 3.91. The summed E-state index contributed by atoms with van der Waals surface area (Å²) in [5, 5.41) is 6.57. The number of sulfonamides is 1. The van der Waals surface area contributed by atoms with Crippen molar-refractivity contribution >= 4 is 44.0 Å². The van der Waals surface area contributed by atoms with Crippen molar-refractivity contribution in [1.29, 1.82) is 0 Å². The summed E-state index contributed by atoms with van der Waals surface area (Å²) in [4.78, 5) is 3.18. The zero-order valence-corrected chi connectivity index (χ0v) is 17.8. The third kappa shape index (κ3) is 6.82. The number of rotatable bonds is 12. The molecule has 1 unspecified atom stereocenters. The van der Waals surface area contributed by atoms with Crippen molar-refractivity contribution in [3.8, 4) is 0 Å². The molecule has 0 aliphatic carbocycles. The topological polar surface area (TPSA) is 122 Å². The van der Waals surface area contributed by atoms with Gasteiger partial charge in [0.1, 0.15) is 17.0 Å². The fourth-order valence-electron chi connectivity index (χ4n) is 2.43. The van der Waals surface area contributed by atoms with Crippen molar-refractivity contribution in [1.82, 2.24) is 14.7 Å². The molecule has 12 heteroatoms. The number of nitrogens with two attached hydrogens (primary N) is 1. The molecule has 1 aromatic heterocycles. The average Bonchev–Trinajstić information content (AvgIpc) is 3.12. The van der Waals surface area contributed by atoms with Crippen LogP contribution in [0.2, 0.25) is 5.02 Å². The fraction of sp³-hybridized carbons (Fsp3) is 0.500. The molecule has 1 aromatic carbocycles. The van der Waals surface area contributed by atoms with Crippen LogP contribution in [0.3, 0.4) is 0 Å². The number of nitrogens with zero attached hydrogens (tertiary/aromatic N) is 2. The molecule has 0 bridgehead atoms. The highest BCUT2D eigenvalue weighted by molar-refractivity contribution is 7.93. The summed E-state index contributed by atoms with van der Waals surface area (Å²) in [7, 11) is -4.15. The molecule has 2 rings (SSSR count). The van der Waals surface area contributed by atoms with Crippen LogP contribution in [0.1, 0.15) is 26.2 Å². The molecule has 0 fully saturated rings. The minimum Gasteiger partial charge on any atom is -0.384 e. The van der Waals surface area contributed by atoms with Crippen LogP contribution in [0, 0.1) is 5.82 Å². The van der Waals surface area contributed by atoms with Gasteiger partial charge in [0.25, 0.3) is 10.0 Å². The zero-order chi connectivity index (χ0) is 20.6. The van der Waals surface area contributed by atoms with E-state index in [1.165, 1.54) is 6.33 Å². The number of anilines is 2. The molecule has 1 heterocycles. The number of benzene rings is 1. The summed E-state index contributed by atoms with van der Waals surface area (Å²) in [6.45, 7) is 4.19. The number of aromatic nitrogens is 2. The number of unbranched alkanes of at least 4 members (excludes halogenated alkanes) is 1. The Kier molecular flexibility index (Phi) is 8.83. The number of nitrogens with one attached hydrogen (secondary N) is 3. The van der Waals surface area contributed by atoms with E-state index in [0.29, 0.717) is 24.8 Å². The Balaban J connectivity index is 1.89. The Morgan fingerprint density at radius 1 is 1.32 bits per heavy atom. The van der Waals surface area contributed by atoms with Gasteiger partial charge in [0, 0.05) is 24.1 Å². The normalized spacial score (nSPS) is 12.7. The summed E-state index contributed by atoms with van der Waals surface area (Å²) in [6, 6.07) is 2.54. The van der Waals surface area contributed by atoms with E-state index in [9.17, 15) is 12.8 Å². The molecule has 0 saturated heterocycles. The maximum atomic E-state index is 14.4. The Labute approximate surface area is 173 Å². The second-order valence-electron chi connectivity index (χ2n) is 6.18. The van der Waals surface area contributed by atoms with E-state index < -0.39 is 20.7 Å². The Morgan fingerprint density at radius 3 is 2.75 bits per heavy atom. The molecule has 1 atom stereocenters. The highest BCUT2D eigenvalue weighted by Gasteiger charge is 2.22. The lowest BCUT2D eigenvalue weighted by molar-refractivity contribution is 0.507. The standard InChI is InChI=1S/C16H24ClFN6O2S2/c1-11(4-5-19)20-6-2-3-7-21-14-9-13(18)15(8-12(14)17)28(25,26)24-16-22-10-23-27-16/h8-11,20-21H,2-7,19H2,1H3,(H,22,23,24). The first-order valence-electron chi connectivity index (χ1n) is 8.79. The maximum Gasteiger partial charge on any atom is 0.266 e. The van der Waals surface area contributed by atoms with E-state index in [-0.39, 0.29) is 10.2 Å². The van der Waals surface area contributed by atoms with E-state index in [2.05, 4.69) is 31.6 Å². The van der Waals surface area contributed by atoms with Crippen LogP contribution in [0.25, 0.3) is 0 Å². The number of halogens is 2. The minimum absolute atomic E-state index is 0.0483. The molecule has 2 aromatic rings. The van der Waals surface area contributed by atoms with Gasteiger partial charge in [-0.1, -0.05) is 11.6 Å². The van der Waals surface area contributed by atoms with E-state index in [1.54, 1.807) is 0 Å².